The lowest BCUT2D eigenvalue weighted by atomic mass is 10.0. The van der Waals surface area contributed by atoms with E-state index in [1.54, 1.807) is 5.57 Å². The molecule has 0 fully saturated rings. The highest BCUT2D eigenvalue weighted by Crippen LogP contribution is 2.31. The second kappa shape index (κ2) is 3.26. The third kappa shape index (κ3) is 1.21. The van der Waals surface area contributed by atoms with Crippen LogP contribution >= 0.6 is 0 Å². The maximum Gasteiger partial charge on any atom is 0.0567 e. The van der Waals surface area contributed by atoms with Crippen molar-refractivity contribution < 1.29 is 0 Å². The molecule has 0 N–H and O–H groups in total. The fourth-order valence-electron chi connectivity index (χ4n) is 2.60. The van der Waals surface area contributed by atoms with Crippen molar-refractivity contribution in [2.24, 2.45) is 0 Å². The van der Waals surface area contributed by atoms with E-state index in [1.807, 2.05) is 0 Å². The molecular weight excluding hydrogens is 172 g/mol. The van der Waals surface area contributed by atoms with Crippen molar-refractivity contribution in [3.05, 3.63) is 23.5 Å². The maximum atomic E-state index is 4.48. The zero-order valence-electron chi connectivity index (χ0n) is 8.50. The molecule has 1 aromatic heterocycles. The molecule has 2 heterocycles. The predicted molar refractivity (Wildman–Crippen MR) is 57.0 cm³/mol. The van der Waals surface area contributed by atoms with Crippen LogP contribution in [0.5, 0.6) is 0 Å². The number of nitrogens with zero attached hydrogens (tertiary/aromatic N) is 2. The Morgan fingerprint density at radius 3 is 3.00 bits per heavy atom. The average molecular weight is 188 g/mol. The summed E-state index contributed by atoms with van der Waals surface area (Å²) in [4.78, 5) is 0. The Morgan fingerprint density at radius 1 is 1.14 bits per heavy atom. The smallest absolute Gasteiger partial charge is 0.0567 e. The van der Waals surface area contributed by atoms with E-state index in [9.17, 15) is 0 Å². The summed E-state index contributed by atoms with van der Waals surface area (Å²) in [6.45, 7) is 1.13. The lowest BCUT2D eigenvalue weighted by molar-refractivity contribution is 0.486. The van der Waals surface area contributed by atoms with Gasteiger partial charge >= 0.3 is 0 Å². The molecule has 0 atom stereocenters. The summed E-state index contributed by atoms with van der Waals surface area (Å²) < 4.78 is 2.21. The minimum Gasteiger partial charge on any atom is -0.269 e. The van der Waals surface area contributed by atoms with Crippen molar-refractivity contribution in [3.63, 3.8) is 0 Å². The van der Waals surface area contributed by atoms with E-state index in [2.05, 4.69) is 22.1 Å². The Hall–Kier alpha value is -1.05. The van der Waals surface area contributed by atoms with E-state index in [4.69, 9.17) is 0 Å². The van der Waals surface area contributed by atoms with Gasteiger partial charge in [0, 0.05) is 17.8 Å². The third-order valence-electron chi connectivity index (χ3n) is 3.37. The van der Waals surface area contributed by atoms with E-state index in [-0.39, 0.29) is 0 Å². The van der Waals surface area contributed by atoms with Gasteiger partial charge in [0.15, 0.2) is 0 Å². The van der Waals surface area contributed by atoms with Crippen LogP contribution in [0.15, 0.2) is 12.3 Å². The van der Waals surface area contributed by atoms with Crippen LogP contribution in [0, 0.1) is 0 Å². The van der Waals surface area contributed by atoms with Gasteiger partial charge in [0.1, 0.15) is 0 Å². The number of fused-ring (bicyclic) bond motifs is 1. The highest BCUT2D eigenvalue weighted by atomic mass is 15.3. The van der Waals surface area contributed by atoms with E-state index in [0.29, 0.717) is 0 Å². The molecule has 0 unspecified atom stereocenters. The van der Waals surface area contributed by atoms with Gasteiger partial charge in [0.25, 0.3) is 0 Å². The molecule has 2 nitrogen and oxygen atoms in total. The van der Waals surface area contributed by atoms with E-state index in [1.165, 1.54) is 49.8 Å². The molecule has 0 saturated heterocycles. The normalized spacial score (nSPS) is 20.7. The maximum absolute atomic E-state index is 4.48. The Bertz CT molecular complexity index is 374. The summed E-state index contributed by atoms with van der Waals surface area (Å²) in [5.74, 6) is 0. The first-order valence-corrected chi connectivity index (χ1v) is 5.69. The Balaban J connectivity index is 2.01. The van der Waals surface area contributed by atoms with Gasteiger partial charge in [-0.2, -0.15) is 5.10 Å². The molecule has 0 saturated carbocycles. The van der Waals surface area contributed by atoms with Crippen LogP contribution in [-0.2, 0) is 13.0 Å². The lowest BCUT2D eigenvalue weighted by Gasteiger charge is -2.14. The molecular formula is C12H16N2. The summed E-state index contributed by atoms with van der Waals surface area (Å²) in [7, 11) is 0. The van der Waals surface area contributed by atoms with Crippen LogP contribution in [-0.4, -0.2) is 9.78 Å². The van der Waals surface area contributed by atoms with Gasteiger partial charge in [0.05, 0.1) is 6.20 Å². The van der Waals surface area contributed by atoms with Gasteiger partial charge in [-0.05, 0) is 44.1 Å². The van der Waals surface area contributed by atoms with Gasteiger partial charge in [0.2, 0.25) is 0 Å². The molecule has 74 valence electrons. The van der Waals surface area contributed by atoms with Crippen LogP contribution < -0.4 is 0 Å². The number of rotatable bonds is 1. The zero-order chi connectivity index (χ0) is 9.38. The standard InChI is InChI=1S/C12H16N2/c1-2-6-10(5-1)11-9-13-14-8-4-3-7-12(11)14/h5,9H,1-4,6-8H2. The first kappa shape index (κ1) is 8.27. The second-order valence-corrected chi connectivity index (χ2v) is 4.31. The zero-order valence-corrected chi connectivity index (χ0v) is 8.50. The number of allylic oxidation sites excluding steroid dienone is 2. The quantitative estimate of drug-likeness (QED) is 0.662. The Morgan fingerprint density at radius 2 is 2.14 bits per heavy atom. The molecule has 1 aromatic rings. The summed E-state index contributed by atoms with van der Waals surface area (Å²) >= 11 is 0. The molecule has 0 spiro atoms. The molecule has 3 rings (SSSR count). The monoisotopic (exact) mass is 188 g/mol. The molecule has 14 heavy (non-hydrogen) atoms. The van der Waals surface area contributed by atoms with Gasteiger partial charge in [-0.1, -0.05) is 6.08 Å². The van der Waals surface area contributed by atoms with Crippen LogP contribution in [0.4, 0.5) is 0 Å². The van der Waals surface area contributed by atoms with Gasteiger partial charge in [-0.25, -0.2) is 0 Å². The topological polar surface area (TPSA) is 17.8 Å². The first-order chi connectivity index (χ1) is 6.95. The van der Waals surface area contributed by atoms with E-state index < -0.39 is 0 Å². The SMILES string of the molecule is C1=C(c2cnn3c2CCCC3)CCC1. The molecule has 0 bridgehead atoms. The van der Waals surface area contributed by atoms with E-state index >= 15 is 0 Å². The van der Waals surface area contributed by atoms with Crippen molar-refractivity contribution in [2.75, 3.05) is 0 Å². The summed E-state index contributed by atoms with van der Waals surface area (Å²) in [6.07, 6.45) is 12.2. The van der Waals surface area contributed by atoms with Gasteiger partial charge < -0.3 is 0 Å². The predicted octanol–water partition coefficient (Wildman–Crippen LogP) is 2.79. The molecule has 0 radical (unpaired) electrons. The number of hydrogen-bond donors (Lipinski definition) is 0. The van der Waals surface area contributed by atoms with Crippen molar-refractivity contribution >= 4 is 5.57 Å². The molecule has 2 heteroatoms. The van der Waals surface area contributed by atoms with Gasteiger partial charge in [-0.3, -0.25) is 4.68 Å². The first-order valence-electron chi connectivity index (χ1n) is 5.69. The third-order valence-corrected chi connectivity index (χ3v) is 3.37. The van der Waals surface area contributed by atoms with E-state index in [0.717, 1.165) is 6.54 Å². The fraction of sp³-hybridized carbons (Fsp3) is 0.583. The number of aryl methyl sites for hydroxylation is 1. The number of hydrogen-bond acceptors (Lipinski definition) is 1. The van der Waals surface area contributed by atoms with Crippen LogP contribution in [0.3, 0.4) is 0 Å². The molecule has 2 aliphatic rings. The molecule has 0 amide bonds. The van der Waals surface area contributed by atoms with Crippen LogP contribution in [0.1, 0.15) is 43.4 Å². The van der Waals surface area contributed by atoms with Crippen molar-refractivity contribution in [2.45, 2.75) is 45.1 Å². The summed E-state index contributed by atoms with van der Waals surface area (Å²) in [5.41, 5.74) is 4.49. The highest BCUT2D eigenvalue weighted by molar-refractivity contribution is 5.68. The largest absolute Gasteiger partial charge is 0.269 e. The number of aromatic nitrogens is 2. The van der Waals surface area contributed by atoms with Crippen molar-refractivity contribution in [1.29, 1.82) is 0 Å². The van der Waals surface area contributed by atoms with Crippen molar-refractivity contribution in [1.82, 2.24) is 9.78 Å². The summed E-state index contributed by atoms with van der Waals surface area (Å²) in [6, 6.07) is 0. The minimum atomic E-state index is 1.13. The van der Waals surface area contributed by atoms with Crippen LogP contribution in [0.25, 0.3) is 5.57 Å². The summed E-state index contributed by atoms with van der Waals surface area (Å²) in [5, 5.41) is 4.48. The Labute approximate surface area is 84.6 Å². The molecule has 0 aromatic carbocycles. The lowest BCUT2D eigenvalue weighted by Crippen LogP contribution is -2.11. The molecule has 1 aliphatic carbocycles. The van der Waals surface area contributed by atoms with Gasteiger partial charge in [-0.15, -0.1) is 0 Å². The highest BCUT2D eigenvalue weighted by Gasteiger charge is 2.18. The van der Waals surface area contributed by atoms with Crippen molar-refractivity contribution in [3.8, 4) is 0 Å². The van der Waals surface area contributed by atoms with Crippen LogP contribution in [0.2, 0.25) is 0 Å². The second-order valence-electron chi connectivity index (χ2n) is 4.31. The minimum absolute atomic E-state index is 1.13. The Kier molecular flexibility index (Phi) is 1.93. The fourth-order valence-corrected chi connectivity index (χ4v) is 2.60. The average Bonchev–Trinajstić information content (AvgIpc) is 2.85. The molecule has 1 aliphatic heterocycles.